The molecule has 1 unspecified atom stereocenters. The highest BCUT2D eigenvalue weighted by Gasteiger charge is 2.22. The van der Waals surface area contributed by atoms with Gasteiger partial charge in [0, 0.05) is 24.5 Å². The van der Waals surface area contributed by atoms with Gasteiger partial charge in [-0.3, -0.25) is 15.1 Å². The van der Waals surface area contributed by atoms with E-state index in [-0.39, 0.29) is 0 Å². The van der Waals surface area contributed by atoms with E-state index in [1.54, 1.807) is 30.6 Å². The maximum absolute atomic E-state index is 11.5. The fraction of sp³-hybridized carbons (Fsp3) is 0.200. The summed E-state index contributed by atoms with van der Waals surface area (Å²) in [7, 11) is 1.53. The standard InChI is InChI=1S/C15H16N2O3/c1-20-13-7-3-2-6-12(13)14(15(18)19)17-10-11-5-4-8-16-9-11/h2-9,14,17H,10H2,1H3,(H,18,19). The van der Waals surface area contributed by atoms with E-state index >= 15 is 0 Å². The lowest BCUT2D eigenvalue weighted by Crippen LogP contribution is -2.28. The molecule has 2 rings (SSSR count). The first kappa shape index (κ1) is 14.0. The molecule has 5 heteroatoms. The van der Waals surface area contributed by atoms with Crippen molar-refractivity contribution in [2.24, 2.45) is 0 Å². The lowest BCUT2D eigenvalue weighted by molar-refractivity contribution is -0.139. The molecule has 0 spiro atoms. The van der Waals surface area contributed by atoms with Crippen molar-refractivity contribution >= 4 is 5.97 Å². The molecule has 0 saturated heterocycles. The Hall–Kier alpha value is -2.40. The molecule has 0 bridgehead atoms. The number of carboxylic acid groups (broad SMARTS) is 1. The van der Waals surface area contributed by atoms with Crippen molar-refractivity contribution in [3.8, 4) is 5.75 Å². The first-order valence-electron chi connectivity index (χ1n) is 6.20. The molecule has 2 aromatic rings. The summed E-state index contributed by atoms with van der Waals surface area (Å²) in [5.74, 6) is -0.392. The molecule has 0 amide bonds. The molecule has 0 radical (unpaired) electrons. The lowest BCUT2D eigenvalue weighted by atomic mass is 10.1. The number of carbonyl (C=O) groups is 1. The van der Waals surface area contributed by atoms with Gasteiger partial charge in [-0.1, -0.05) is 24.3 Å². The Morgan fingerprint density at radius 2 is 2.15 bits per heavy atom. The Bertz CT molecular complexity index is 572. The predicted molar refractivity (Wildman–Crippen MR) is 74.4 cm³/mol. The number of pyridine rings is 1. The molecule has 0 saturated carbocycles. The van der Waals surface area contributed by atoms with E-state index in [4.69, 9.17) is 4.74 Å². The van der Waals surface area contributed by atoms with Crippen molar-refractivity contribution in [1.29, 1.82) is 0 Å². The number of hydrogen-bond acceptors (Lipinski definition) is 4. The Morgan fingerprint density at radius 1 is 1.35 bits per heavy atom. The average Bonchev–Trinajstić information content (AvgIpc) is 2.48. The number of aliphatic carboxylic acids is 1. The van der Waals surface area contributed by atoms with Crippen molar-refractivity contribution in [2.75, 3.05) is 7.11 Å². The summed E-state index contributed by atoms with van der Waals surface area (Å²) >= 11 is 0. The van der Waals surface area contributed by atoms with E-state index in [9.17, 15) is 9.90 Å². The van der Waals surface area contributed by atoms with Gasteiger partial charge in [0.25, 0.3) is 0 Å². The van der Waals surface area contributed by atoms with Gasteiger partial charge >= 0.3 is 5.97 Å². The number of nitrogens with one attached hydrogen (secondary N) is 1. The zero-order chi connectivity index (χ0) is 14.4. The van der Waals surface area contributed by atoms with Gasteiger partial charge in [0.1, 0.15) is 11.8 Å². The number of benzene rings is 1. The highest BCUT2D eigenvalue weighted by atomic mass is 16.5. The van der Waals surface area contributed by atoms with Crippen molar-refractivity contribution in [1.82, 2.24) is 10.3 Å². The number of hydrogen-bond donors (Lipinski definition) is 2. The van der Waals surface area contributed by atoms with Crippen LogP contribution in [-0.4, -0.2) is 23.2 Å². The van der Waals surface area contributed by atoms with Gasteiger partial charge < -0.3 is 9.84 Å². The normalized spacial score (nSPS) is 11.8. The number of carboxylic acids is 1. The average molecular weight is 272 g/mol. The van der Waals surface area contributed by atoms with Gasteiger partial charge in [-0.2, -0.15) is 0 Å². The van der Waals surface area contributed by atoms with E-state index in [1.165, 1.54) is 7.11 Å². The van der Waals surface area contributed by atoms with E-state index in [0.29, 0.717) is 17.9 Å². The van der Waals surface area contributed by atoms with Crippen molar-refractivity contribution < 1.29 is 14.6 Å². The Morgan fingerprint density at radius 3 is 2.80 bits per heavy atom. The van der Waals surface area contributed by atoms with Crippen LogP contribution in [0.15, 0.2) is 48.8 Å². The van der Waals surface area contributed by atoms with Crippen molar-refractivity contribution in [3.05, 3.63) is 59.9 Å². The van der Waals surface area contributed by atoms with Crippen molar-refractivity contribution in [3.63, 3.8) is 0 Å². The number of para-hydroxylation sites is 1. The fourth-order valence-corrected chi connectivity index (χ4v) is 1.96. The highest BCUT2D eigenvalue weighted by Crippen LogP contribution is 2.25. The quantitative estimate of drug-likeness (QED) is 0.841. The van der Waals surface area contributed by atoms with E-state index in [2.05, 4.69) is 10.3 Å². The maximum Gasteiger partial charge on any atom is 0.325 e. The molecule has 2 N–H and O–H groups in total. The zero-order valence-corrected chi connectivity index (χ0v) is 11.1. The minimum Gasteiger partial charge on any atom is -0.496 e. The van der Waals surface area contributed by atoms with Gasteiger partial charge in [-0.05, 0) is 17.7 Å². The number of aromatic nitrogens is 1. The Kier molecular flexibility index (Phi) is 4.68. The second kappa shape index (κ2) is 6.68. The van der Waals surface area contributed by atoms with Crippen LogP contribution in [0.25, 0.3) is 0 Å². The third-order valence-corrected chi connectivity index (χ3v) is 2.93. The summed E-state index contributed by atoms with van der Waals surface area (Å²) < 4.78 is 5.21. The molecule has 1 heterocycles. The lowest BCUT2D eigenvalue weighted by Gasteiger charge is -2.17. The highest BCUT2D eigenvalue weighted by molar-refractivity contribution is 5.76. The van der Waals surface area contributed by atoms with E-state index < -0.39 is 12.0 Å². The van der Waals surface area contributed by atoms with Gasteiger partial charge in [-0.15, -0.1) is 0 Å². The number of nitrogens with zero attached hydrogens (tertiary/aromatic N) is 1. The van der Waals surface area contributed by atoms with Crippen LogP contribution in [0.5, 0.6) is 5.75 Å². The first-order valence-corrected chi connectivity index (χ1v) is 6.20. The molecule has 0 aliphatic carbocycles. The van der Waals surface area contributed by atoms with Crippen LogP contribution in [-0.2, 0) is 11.3 Å². The summed E-state index contributed by atoms with van der Waals surface area (Å²) in [6, 6.07) is 9.97. The number of ether oxygens (including phenoxy) is 1. The molecule has 0 aliphatic heterocycles. The molecule has 0 aliphatic rings. The van der Waals surface area contributed by atoms with Crippen LogP contribution in [0.1, 0.15) is 17.2 Å². The van der Waals surface area contributed by atoms with Crippen LogP contribution < -0.4 is 10.1 Å². The molecule has 104 valence electrons. The molecule has 1 aromatic carbocycles. The maximum atomic E-state index is 11.5. The summed E-state index contributed by atoms with van der Waals surface area (Å²) in [4.78, 5) is 15.5. The smallest absolute Gasteiger partial charge is 0.325 e. The summed E-state index contributed by atoms with van der Waals surface area (Å²) in [5, 5.41) is 12.4. The van der Waals surface area contributed by atoms with Crippen LogP contribution in [0.2, 0.25) is 0 Å². The van der Waals surface area contributed by atoms with Gasteiger partial charge in [0.15, 0.2) is 0 Å². The fourth-order valence-electron chi connectivity index (χ4n) is 1.96. The monoisotopic (exact) mass is 272 g/mol. The molecule has 20 heavy (non-hydrogen) atoms. The second-order valence-corrected chi connectivity index (χ2v) is 4.26. The van der Waals surface area contributed by atoms with Gasteiger partial charge in [0.2, 0.25) is 0 Å². The minimum atomic E-state index is -0.946. The second-order valence-electron chi connectivity index (χ2n) is 4.26. The Labute approximate surface area is 117 Å². The van der Waals surface area contributed by atoms with E-state index in [0.717, 1.165) is 5.56 Å². The van der Waals surface area contributed by atoms with Crippen molar-refractivity contribution in [2.45, 2.75) is 12.6 Å². The minimum absolute atomic E-state index is 0.419. The van der Waals surface area contributed by atoms with Gasteiger partial charge in [0.05, 0.1) is 7.11 Å². The van der Waals surface area contributed by atoms with Crippen LogP contribution in [0.3, 0.4) is 0 Å². The third kappa shape index (κ3) is 3.33. The van der Waals surface area contributed by atoms with Crippen LogP contribution >= 0.6 is 0 Å². The van der Waals surface area contributed by atoms with E-state index in [1.807, 2.05) is 18.2 Å². The van der Waals surface area contributed by atoms with Gasteiger partial charge in [-0.25, -0.2) is 0 Å². The van der Waals surface area contributed by atoms with Crippen LogP contribution in [0, 0.1) is 0 Å². The zero-order valence-electron chi connectivity index (χ0n) is 11.1. The topological polar surface area (TPSA) is 71.5 Å². The largest absolute Gasteiger partial charge is 0.496 e. The predicted octanol–water partition coefficient (Wildman–Crippen LogP) is 2.01. The number of rotatable bonds is 6. The summed E-state index contributed by atoms with van der Waals surface area (Å²) in [5.41, 5.74) is 1.53. The molecule has 1 aromatic heterocycles. The molecule has 0 fully saturated rings. The summed E-state index contributed by atoms with van der Waals surface area (Å²) in [6.07, 6.45) is 3.38. The molecule has 5 nitrogen and oxygen atoms in total. The Balaban J connectivity index is 2.17. The SMILES string of the molecule is COc1ccccc1C(NCc1cccnc1)C(=O)O. The molecule has 1 atom stereocenters. The molecular weight excluding hydrogens is 256 g/mol. The summed E-state index contributed by atoms with van der Waals surface area (Å²) in [6.45, 7) is 0.419. The third-order valence-electron chi connectivity index (χ3n) is 2.93. The van der Waals surface area contributed by atoms with Crippen LogP contribution in [0.4, 0.5) is 0 Å². The molecular formula is C15H16N2O3. The first-order chi connectivity index (χ1) is 9.72. The number of methoxy groups -OCH3 is 1.